The summed E-state index contributed by atoms with van der Waals surface area (Å²) >= 11 is 7.22. The van der Waals surface area contributed by atoms with Crippen LogP contribution < -0.4 is 15.5 Å². The van der Waals surface area contributed by atoms with Gasteiger partial charge in [-0.25, -0.2) is 0 Å². The van der Waals surface area contributed by atoms with Crippen molar-refractivity contribution in [3.05, 3.63) is 35.4 Å². The normalized spacial score (nSPS) is 15.3. The van der Waals surface area contributed by atoms with Gasteiger partial charge in [0.25, 0.3) is 0 Å². The zero-order chi connectivity index (χ0) is 16.3. The fourth-order valence-corrected chi connectivity index (χ4v) is 3.27. The van der Waals surface area contributed by atoms with Gasteiger partial charge < -0.3 is 20.3 Å². The SMILES string of the molecule is CSCCCNC(=S)NCc1ccccc1C[NH+]1CCOCC1. The molecule has 23 heavy (non-hydrogen) atoms. The van der Waals surface area contributed by atoms with Crippen LogP contribution in [0.1, 0.15) is 17.5 Å². The highest BCUT2D eigenvalue weighted by Crippen LogP contribution is 2.07. The Morgan fingerprint density at radius 3 is 2.70 bits per heavy atom. The van der Waals surface area contributed by atoms with E-state index in [0.29, 0.717) is 0 Å². The fraction of sp³-hybridized carbons (Fsp3) is 0.588. The largest absolute Gasteiger partial charge is 0.370 e. The van der Waals surface area contributed by atoms with Crippen molar-refractivity contribution < 1.29 is 9.64 Å². The number of thioether (sulfide) groups is 1. The topological polar surface area (TPSA) is 37.7 Å². The molecular weight excluding hydrogens is 326 g/mol. The molecule has 2 rings (SSSR count). The van der Waals surface area contributed by atoms with Crippen LogP contribution in [-0.4, -0.2) is 50.0 Å². The zero-order valence-corrected chi connectivity index (χ0v) is 15.5. The summed E-state index contributed by atoms with van der Waals surface area (Å²) in [7, 11) is 0. The molecule has 0 saturated carbocycles. The Hall–Kier alpha value is -0.820. The zero-order valence-electron chi connectivity index (χ0n) is 13.9. The Balaban J connectivity index is 1.79. The molecule has 0 amide bonds. The first-order chi connectivity index (χ1) is 11.3. The maximum absolute atomic E-state index is 5.44. The molecule has 1 aliphatic rings. The summed E-state index contributed by atoms with van der Waals surface area (Å²) in [5.41, 5.74) is 2.74. The number of hydrogen-bond acceptors (Lipinski definition) is 3. The van der Waals surface area contributed by atoms with Gasteiger partial charge in [0.05, 0.1) is 13.2 Å². The molecule has 0 radical (unpaired) electrons. The number of hydrogen-bond donors (Lipinski definition) is 3. The first kappa shape index (κ1) is 18.5. The van der Waals surface area contributed by atoms with Gasteiger partial charge in [-0.2, -0.15) is 11.8 Å². The summed E-state index contributed by atoms with van der Waals surface area (Å²) in [5, 5.41) is 7.36. The quantitative estimate of drug-likeness (QED) is 0.476. The minimum absolute atomic E-state index is 0.750. The molecule has 0 aromatic heterocycles. The van der Waals surface area contributed by atoms with Gasteiger partial charge in [-0.15, -0.1) is 0 Å². The lowest BCUT2D eigenvalue weighted by Crippen LogP contribution is -3.12. The highest BCUT2D eigenvalue weighted by Gasteiger charge is 2.15. The third-order valence-corrected chi connectivity index (χ3v) is 4.99. The van der Waals surface area contributed by atoms with E-state index in [9.17, 15) is 0 Å². The van der Waals surface area contributed by atoms with E-state index in [1.165, 1.54) is 16.9 Å². The molecule has 1 aromatic rings. The number of rotatable bonds is 8. The molecule has 0 unspecified atom stereocenters. The average molecular weight is 355 g/mol. The predicted molar refractivity (Wildman–Crippen MR) is 102 cm³/mol. The second kappa shape index (κ2) is 10.9. The van der Waals surface area contributed by atoms with Gasteiger partial charge in [0, 0.05) is 18.7 Å². The standard InChI is InChI=1S/C17H27N3OS2/c1-23-12-4-7-18-17(22)19-13-15-5-2-3-6-16(15)14-20-8-10-21-11-9-20/h2-3,5-6H,4,7-14H2,1H3,(H2,18,19,22)/p+1. The fourth-order valence-electron chi connectivity index (χ4n) is 2.67. The van der Waals surface area contributed by atoms with Crippen LogP contribution in [0.3, 0.4) is 0 Å². The van der Waals surface area contributed by atoms with Crippen LogP contribution in [-0.2, 0) is 17.8 Å². The van der Waals surface area contributed by atoms with E-state index >= 15 is 0 Å². The molecule has 1 fully saturated rings. The second-order valence-corrected chi connectivity index (χ2v) is 7.16. The van der Waals surface area contributed by atoms with E-state index in [0.717, 1.165) is 57.5 Å². The monoisotopic (exact) mass is 354 g/mol. The first-order valence-corrected chi connectivity index (χ1v) is 10.1. The highest BCUT2D eigenvalue weighted by atomic mass is 32.2. The molecule has 0 spiro atoms. The average Bonchev–Trinajstić information content (AvgIpc) is 2.59. The Kier molecular flexibility index (Phi) is 8.74. The summed E-state index contributed by atoms with van der Waals surface area (Å²) in [5.74, 6) is 1.17. The highest BCUT2D eigenvalue weighted by molar-refractivity contribution is 7.98. The van der Waals surface area contributed by atoms with Crippen LogP contribution in [0.4, 0.5) is 0 Å². The van der Waals surface area contributed by atoms with Gasteiger partial charge in [0.1, 0.15) is 19.6 Å². The van der Waals surface area contributed by atoms with Crippen molar-refractivity contribution in [2.24, 2.45) is 0 Å². The van der Waals surface area contributed by atoms with Gasteiger partial charge in [-0.05, 0) is 36.2 Å². The lowest BCUT2D eigenvalue weighted by atomic mass is 10.1. The predicted octanol–water partition coefficient (Wildman–Crippen LogP) is 0.819. The number of thiocarbonyl (C=S) groups is 1. The third-order valence-electron chi connectivity index (χ3n) is 4.01. The Labute approximate surface area is 149 Å². The molecule has 1 aromatic carbocycles. The molecule has 4 nitrogen and oxygen atoms in total. The molecular formula is C17H28N3OS2+. The molecule has 1 aliphatic heterocycles. The summed E-state index contributed by atoms with van der Waals surface area (Å²) in [4.78, 5) is 1.60. The molecule has 0 aliphatic carbocycles. The third kappa shape index (κ3) is 7.08. The van der Waals surface area contributed by atoms with Crippen molar-refractivity contribution >= 4 is 29.1 Å². The van der Waals surface area contributed by atoms with Crippen LogP contribution in [0, 0.1) is 0 Å². The van der Waals surface area contributed by atoms with Gasteiger partial charge >= 0.3 is 0 Å². The van der Waals surface area contributed by atoms with E-state index in [1.54, 1.807) is 4.90 Å². The Morgan fingerprint density at radius 2 is 1.96 bits per heavy atom. The van der Waals surface area contributed by atoms with Gasteiger partial charge in [-0.3, -0.25) is 0 Å². The second-order valence-electron chi connectivity index (χ2n) is 5.76. The lowest BCUT2D eigenvalue weighted by molar-refractivity contribution is -0.921. The smallest absolute Gasteiger partial charge is 0.166 e. The van der Waals surface area contributed by atoms with Crippen molar-refractivity contribution in [3.63, 3.8) is 0 Å². The number of morpholine rings is 1. The molecule has 0 atom stereocenters. The van der Waals surface area contributed by atoms with Gasteiger partial charge in [0.15, 0.2) is 5.11 Å². The van der Waals surface area contributed by atoms with Crippen LogP contribution >= 0.6 is 24.0 Å². The summed E-state index contributed by atoms with van der Waals surface area (Å²) in [6.07, 6.45) is 3.27. The van der Waals surface area contributed by atoms with E-state index in [4.69, 9.17) is 17.0 Å². The maximum atomic E-state index is 5.44. The van der Waals surface area contributed by atoms with E-state index in [2.05, 4.69) is 41.2 Å². The van der Waals surface area contributed by atoms with Gasteiger partial charge in [-0.1, -0.05) is 24.3 Å². The minimum Gasteiger partial charge on any atom is -0.370 e. The maximum Gasteiger partial charge on any atom is 0.166 e. The molecule has 3 N–H and O–H groups in total. The van der Waals surface area contributed by atoms with Crippen LogP contribution in [0.2, 0.25) is 0 Å². The number of ether oxygens (including phenoxy) is 1. The van der Waals surface area contributed by atoms with Gasteiger partial charge in [0.2, 0.25) is 0 Å². The Morgan fingerprint density at radius 1 is 1.22 bits per heavy atom. The van der Waals surface area contributed by atoms with Crippen molar-refractivity contribution in [1.82, 2.24) is 10.6 Å². The van der Waals surface area contributed by atoms with E-state index in [1.807, 2.05) is 11.8 Å². The molecule has 1 heterocycles. The van der Waals surface area contributed by atoms with Crippen LogP contribution in [0.5, 0.6) is 0 Å². The molecule has 1 saturated heterocycles. The van der Waals surface area contributed by atoms with Crippen LogP contribution in [0.25, 0.3) is 0 Å². The summed E-state index contributed by atoms with van der Waals surface area (Å²) in [6.45, 7) is 6.73. The van der Waals surface area contributed by atoms with Crippen molar-refractivity contribution in [1.29, 1.82) is 0 Å². The summed E-state index contributed by atoms with van der Waals surface area (Å²) < 4.78 is 5.44. The van der Waals surface area contributed by atoms with Crippen molar-refractivity contribution in [2.75, 3.05) is 44.9 Å². The minimum atomic E-state index is 0.750. The number of quaternary nitrogens is 1. The van der Waals surface area contributed by atoms with E-state index in [-0.39, 0.29) is 0 Å². The Bertz CT molecular complexity index is 479. The van der Waals surface area contributed by atoms with Crippen LogP contribution in [0.15, 0.2) is 24.3 Å². The van der Waals surface area contributed by atoms with E-state index < -0.39 is 0 Å². The number of nitrogens with one attached hydrogen (secondary N) is 3. The summed E-state index contributed by atoms with van der Waals surface area (Å²) in [6, 6.07) is 8.65. The number of benzene rings is 1. The first-order valence-electron chi connectivity index (χ1n) is 8.28. The van der Waals surface area contributed by atoms with Crippen molar-refractivity contribution in [2.45, 2.75) is 19.5 Å². The van der Waals surface area contributed by atoms with Crippen molar-refractivity contribution in [3.8, 4) is 0 Å². The lowest BCUT2D eigenvalue weighted by Gasteiger charge is -2.24. The molecule has 6 heteroatoms. The molecule has 128 valence electrons. The molecule has 0 bridgehead atoms.